The Morgan fingerprint density at radius 2 is 2.06 bits per heavy atom. The minimum Gasteiger partial charge on any atom is -0.479 e. The van der Waals surface area contributed by atoms with Crippen LogP contribution in [0.5, 0.6) is 0 Å². The fourth-order valence-corrected chi connectivity index (χ4v) is 1.16. The number of carbonyl (C=O) groups excluding carboxylic acids is 1. The van der Waals surface area contributed by atoms with E-state index in [4.69, 9.17) is 9.84 Å². The first-order chi connectivity index (χ1) is 8.48. The third kappa shape index (κ3) is 3.62. The van der Waals surface area contributed by atoms with Crippen LogP contribution < -0.4 is 5.32 Å². The van der Waals surface area contributed by atoms with E-state index in [1.54, 1.807) is 12.1 Å². The van der Waals surface area contributed by atoms with Crippen molar-refractivity contribution >= 4 is 12.1 Å². The number of amides is 1. The number of carboxylic acid groups (broad SMARTS) is 1. The molecule has 5 heteroatoms. The molecule has 18 heavy (non-hydrogen) atoms. The lowest BCUT2D eigenvalue weighted by Gasteiger charge is -2.21. The topological polar surface area (TPSA) is 75.6 Å². The van der Waals surface area contributed by atoms with E-state index >= 15 is 0 Å². The SMILES string of the molecule is C=CC(C)(NC(=O)OCc1ccccc1)C(=O)O. The zero-order valence-corrected chi connectivity index (χ0v) is 10.1. The number of carbonyl (C=O) groups is 2. The molecule has 5 nitrogen and oxygen atoms in total. The maximum absolute atomic E-state index is 11.5. The van der Waals surface area contributed by atoms with Crippen molar-refractivity contribution in [2.75, 3.05) is 0 Å². The average Bonchev–Trinajstić information content (AvgIpc) is 2.37. The van der Waals surface area contributed by atoms with Crippen molar-refractivity contribution in [1.29, 1.82) is 0 Å². The molecule has 96 valence electrons. The van der Waals surface area contributed by atoms with Crippen LogP contribution in [0.25, 0.3) is 0 Å². The van der Waals surface area contributed by atoms with Gasteiger partial charge in [0.15, 0.2) is 5.54 Å². The van der Waals surface area contributed by atoms with E-state index in [1.165, 1.54) is 6.92 Å². The summed E-state index contributed by atoms with van der Waals surface area (Å²) in [5, 5.41) is 11.2. The monoisotopic (exact) mass is 249 g/mol. The second kappa shape index (κ2) is 5.86. The highest BCUT2D eigenvalue weighted by molar-refractivity contribution is 5.86. The summed E-state index contributed by atoms with van der Waals surface area (Å²) in [4.78, 5) is 22.4. The minimum atomic E-state index is -1.53. The summed E-state index contributed by atoms with van der Waals surface area (Å²) in [6, 6.07) is 9.10. The Kier molecular flexibility index (Phi) is 4.48. The molecule has 1 unspecified atom stereocenters. The van der Waals surface area contributed by atoms with Crippen molar-refractivity contribution in [2.45, 2.75) is 19.1 Å². The molecular weight excluding hydrogens is 234 g/mol. The summed E-state index contributed by atoms with van der Waals surface area (Å²) in [5.74, 6) is -1.20. The van der Waals surface area contributed by atoms with E-state index in [-0.39, 0.29) is 6.61 Å². The Morgan fingerprint density at radius 3 is 2.56 bits per heavy atom. The smallest absolute Gasteiger partial charge is 0.408 e. The van der Waals surface area contributed by atoms with Gasteiger partial charge in [-0.05, 0) is 12.5 Å². The molecule has 0 aliphatic carbocycles. The van der Waals surface area contributed by atoms with Crippen LogP contribution in [0.15, 0.2) is 43.0 Å². The maximum atomic E-state index is 11.5. The molecule has 2 N–H and O–H groups in total. The second-order valence-corrected chi connectivity index (χ2v) is 3.90. The van der Waals surface area contributed by atoms with Crippen LogP contribution in [0.4, 0.5) is 4.79 Å². The number of rotatable bonds is 5. The number of nitrogens with one attached hydrogen (secondary N) is 1. The number of hydrogen-bond acceptors (Lipinski definition) is 3. The number of carboxylic acids is 1. The summed E-state index contributed by atoms with van der Waals surface area (Å²) < 4.78 is 4.91. The summed E-state index contributed by atoms with van der Waals surface area (Å²) in [5.41, 5.74) is -0.711. The minimum absolute atomic E-state index is 0.0829. The van der Waals surface area contributed by atoms with Gasteiger partial charge in [0.1, 0.15) is 6.61 Å². The van der Waals surface area contributed by atoms with Crippen molar-refractivity contribution in [3.63, 3.8) is 0 Å². The zero-order valence-electron chi connectivity index (χ0n) is 10.1. The van der Waals surface area contributed by atoms with Crippen LogP contribution in [0.3, 0.4) is 0 Å². The molecule has 1 atom stereocenters. The van der Waals surface area contributed by atoms with Gasteiger partial charge in [0, 0.05) is 0 Å². The van der Waals surface area contributed by atoms with Crippen molar-refractivity contribution in [1.82, 2.24) is 5.32 Å². The summed E-state index contributed by atoms with van der Waals surface area (Å²) >= 11 is 0. The Bertz CT molecular complexity index is 444. The largest absolute Gasteiger partial charge is 0.479 e. The predicted molar refractivity (Wildman–Crippen MR) is 66.0 cm³/mol. The van der Waals surface area contributed by atoms with E-state index < -0.39 is 17.6 Å². The fraction of sp³-hybridized carbons (Fsp3) is 0.231. The molecule has 0 spiro atoms. The highest BCUT2D eigenvalue weighted by Crippen LogP contribution is 2.07. The number of ether oxygens (including phenoxy) is 1. The van der Waals surface area contributed by atoms with Crippen LogP contribution >= 0.6 is 0 Å². The fourth-order valence-electron chi connectivity index (χ4n) is 1.16. The van der Waals surface area contributed by atoms with Gasteiger partial charge in [-0.1, -0.05) is 36.4 Å². The average molecular weight is 249 g/mol. The van der Waals surface area contributed by atoms with Crippen LogP contribution in [-0.2, 0) is 16.1 Å². The Morgan fingerprint density at radius 1 is 1.44 bits per heavy atom. The van der Waals surface area contributed by atoms with Crippen LogP contribution in [-0.4, -0.2) is 22.7 Å². The Hall–Kier alpha value is -2.30. The molecule has 0 radical (unpaired) electrons. The number of aliphatic carboxylic acids is 1. The number of hydrogen-bond donors (Lipinski definition) is 2. The first-order valence-electron chi connectivity index (χ1n) is 5.34. The van der Waals surface area contributed by atoms with E-state index in [2.05, 4.69) is 11.9 Å². The van der Waals surface area contributed by atoms with Gasteiger partial charge in [-0.25, -0.2) is 9.59 Å². The molecule has 0 heterocycles. The third-order valence-corrected chi connectivity index (χ3v) is 2.43. The van der Waals surface area contributed by atoms with Crippen molar-refractivity contribution in [3.05, 3.63) is 48.6 Å². The summed E-state index contributed by atoms with van der Waals surface area (Å²) in [6.45, 7) is 4.78. The predicted octanol–water partition coefficient (Wildman–Crippen LogP) is 1.94. The van der Waals surface area contributed by atoms with Gasteiger partial charge in [0.2, 0.25) is 0 Å². The summed E-state index contributed by atoms with van der Waals surface area (Å²) in [7, 11) is 0. The first kappa shape index (κ1) is 13.8. The highest BCUT2D eigenvalue weighted by Gasteiger charge is 2.31. The second-order valence-electron chi connectivity index (χ2n) is 3.90. The zero-order chi connectivity index (χ0) is 13.6. The third-order valence-electron chi connectivity index (χ3n) is 2.43. The van der Waals surface area contributed by atoms with E-state index in [1.807, 2.05) is 18.2 Å². The highest BCUT2D eigenvalue weighted by atomic mass is 16.5. The van der Waals surface area contributed by atoms with E-state index in [9.17, 15) is 9.59 Å². The van der Waals surface area contributed by atoms with Crippen molar-refractivity contribution in [2.24, 2.45) is 0 Å². The van der Waals surface area contributed by atoms with Gasteiger partial charge >= 0.3 is 12.1 Å². The van der Waals surface area contributed by atoms with Gasteiger partial charge in [0.25, 0.3) is 0 Å². The van der Waals surface area contributed by atoms with Gasteiger partial charge in [0.05, 0.1) is 0 Å². The summed E-state index contributed by atoms with van der Waals surface area (Å²) in [6.07, 6.45) is 0.336. The van der Waals surface area contributed by atoms with Gasteiger partial charge in [-0.15, -0.1) is 6.58 Å². The molecule has 0 aliphatic heterocycles. The standard InChI is InChI=1S/C13H15NO4/c1-3-13(2,11(15)16)14-12(17)18-9-10-7-5-4-6-8-10/h3-8H,1,9H2,2H3,(H,14,17)(H,15,16). The Balaban J connectivity index is 2.52. The molecule has 1 amide bonds. The lowest BCUT2D eigenvalue weighted by atomic mass is 10.0. The van der Waals surface area contributed by atoms with E-state index in [0.717, 1.165) is 11.6 Å². The van der Waals surface area contributed by atoms with Crippen molar-refractivity contribution < 1.29 is 19.4 Å². The molecule has 0 saturated carbocycles. The van der Waals surface area contributed by atoms with Crippen LogP contribution in [0.1, 0.15) is 12.5 Å². The lowest BCUT2D eigenvalue weighted by molar-refractivity contribution is -0.141. The first-order valence-corrected chi connectivity index (χ1v) is 5.34. The van der Waals surface area contributed by atoms with Crippen LogP contribution in [0, 0.1) is 0 Å². The van der Waals surface area contributed by atoms with E-state index in [0.29, 0.717) is 0 Å². The van der Waals surface area contributed by atoms with Crippen molar-refractivity contribution in [3.8, 4) is 0 Å². The Labute approximate surface area is 105 Å². The van der Waals surface area contributed by atoms with Crippen LogP contribution in [0.2, 0.25) is 0 Å². The molecule has 0 fully saturated rings. The normalized spacial score (nSPS) is 13.2. The maximum Gasteiger partial charge on any atom is 0.408 e. The molecule has 1 rings (SSSR count). The molecule has 0 aliphatic rings. The molecule has 0 saturated heterocycles. The van der Waals surface area contributed by atoms with Gasteiger partial charge in [-0.2, -0.15) is 0 Å². The number of benzene rings is 1. The molecule has 0 aromatic heterocycles. The molecule has 1 aromatic carbocycles. The molecule has 0 bridgehead atoms. The molecule has 1 aromatic rings. The number of alkyl carbamates (subject to hydrolysis) is 1. The lowest BCUT2D eigenvalue weighted by Crippen LogP contribution is -2.50. The van der Waals surface area contributed by atoms with Gasteiger partial charge < -0.3 is 15.2 Å². The van der Waals surface area contributed by atoms with Gasteiger partial charge in [-0.3, -0.25) is 0 Å². The quantitative estimate of drug-likeness (QED) is 0.782. The molecular formula is C13H15NO4.